The highest BCUT2D eigenvalue weighted by atomic mass is 32.2. The maximum atomic E-state index is 3.74. The Hall–Kier alpha value is 0.310. The Balaban J connectivity index is 2.12. The van der Waals surface area contributed by atoms with Crippen LogP contribution in [-0.4, -0.2) is 23.6 Å². The molecule has 0 aliphatic heterocycles. The zero-order chi connectivity index (χ0) is 9.68. The summed E-state index contributed by atoms with van der Waals surface area (Å²) in [5, 5.41) is 3.74. The minimum atomic E-state index is 0.690. The van der Waals surface area contributed by atoms with Gasteiger partial charge in [-0.1, -0.05) is 13.8 Å². The smallest absolute Gasteiger partial charge is 0.0132 e. The Bertz CT molecular complexity index is 134. The topological polar surface area (TPSA) is 12.0 Å². The van der Waals surface area contributed by atoms with E-state index in [1.54, 1.807) is 0 Å². The first-order valence-electron chi connectivity index (χ1n) is 5.61. The lowest BCUT2D eigenvalue weighted by atomic mass is 10.1. The first kappa shape index (κ1) is 11.4. The zero-order valence-electron chi connectivity index (χ0n) is 9.18. The predicted octanol–water partition coefficient (Wildman–Crippen LogP) is 2.91. The summed E-state index contributed by atoms with van der Waals surface area (Å²) < 4.78 is 0. The van der Waals surface area contributed by atoms with Gasteiger partial charge in [-0.3, -0.25) is 0 Å². The molecule has 0 radical (unpaired) electrons. The van der Waals surface area contributed by atoms with Crippen LogP contribution in [0.3, 0.4) is 0 Å². The van der Waals surface area contributed by atoms with E-state index < -0.39 is 0 Å². The van der Waals surface area contributed by atoms with Crippen molar-refractivity contribution in [3.8, 4) is 0 Å². The number of rotatable bonds is 7. The molecule has 0 spiro atoms. The summed E-state index contributed by atoms with van der Waals surface area (Å²) in [7, 11) is 0. The fraction of sp³-hybridized carbons (Fsp3) is 1.00. The molecule has 13 heavy (non-hydrogen) atoms. The van der Waals surface area contributed by atoms with Crippen molar-refractivity contribution < 1.29 is 0 Å². The van der Waals surface area contributed by atoms with E-state index in [9.17, 15) is 0 Å². The summed E-state index contributed by atoms with van der Waals surface area (Å²) >= 11 is 2.04. The zero-order valence-corrected chi connectivity index (χ0v) is 9.99. The number of hydrogen-bond acceptors (Lipinski definition) is 2. The van der Waals surface area contributed by atoms with Crippen LogP contribution in [0, 0.1) is 5.92 Å². The van der Waals surface area contributed by atoms with Crippen molar-refractivity contribution in [1.29, 1.82) is 0 Å². The summed E-state index contributed by atoms with van der Waals surface area (Å²) in [5.74, 6) is 3.51. The molecule has 0 aromatic rings. The van der Waals surface area contributed by atoms with Crippen molar-refractivity contribution in [3.05, 3.63) is 0 Å². The molecule has 0 aromatic carbocycles. The van der Waals surface area contributed by atoms with Crippen molar-refractivity contribution >= 4 is 11.8 Å². The van der Waals surface area contributed by atoms with Crippen LogP contribution in [0.2, 0.25) is 0 Å². The molecule has 0 aromatic heterocycles. The van der Waals surface area contributed by atoms with Crippen molar-refractivity contribution in [2.45, 2.75) is 52.1 Å². The van der Waals surface area contributed by atoms with Gasteiger partial charge in [-0.05, 0) is 37.9 Å². The Kier molecular flexibility index (Phi) is 5.18. The van der Waals surface area contributed by atoms with Gasteiger partial charge in [0.1, 0.15) is 0 Å². The van der Waals surface area contributed by atoms with E-state index in [0.717, 1.165) is 12.0 Å². The summed E-state index contributed by atoms with van der Waals surface area (Å²) in [6, 6.07) is 1.49. The highest BCUT2D eigenvalue weighted by Gasteiger charge is 2.30. The van der Waals surface area contributed by atoms with Crippen LogP contribution < -0.4 is 5.32 Å². The van der Waals surface area contributed by atoms with E-state index in [4.69, 9.17) is 0 Å². The number of thioether (sulfide) groups is 1. The molecule has 1 aliphatic carbocycles. The van der Waals surface area contributed by atoms with E-state index >= 15 is 0 Å². The first-order valence-corrected chi connectivity index (χ1v) is 6.77. The third-order valence-corrected chi connectivity index (χ3v) is 3.85. The van der Waals surface area contributed by atoms with Gasteiger partial charge in [-0.25, -0.2) is 0 Å². The van der Waals surface area contributed by atoms with Gasteiger partial charge in [0.2, 0.25) is 0 Å². The van der Waals surface area contributed by atoms with Crippen molar-refractivity contribution in [1.82, 2.24) is 5.32 Å². The second-order valence-electron chi connectivity index (χ2n) is 4.08. The van der Waals surface area contributed by atoms with Crippen LogP contribution in [0.4, 0.5) is 0 Å². The quantitative estimate of drug-likeness (QED) is 0.680. The third-order valence-electron chi connectivity index (χ3n) is 2.70. The molecule has 1 aliphatic rings. The van der Waals surface area contributed by atoms with Crippen molar-refractivity contribution in [2.24, 2.45) is 5.92 Å². The lowest BCUT2D eigenvalue weighted by Gasteiger charge is -2.21. The first-order chi connectivity index (χ1) is 6.27. The lowest BCUT2D eigenvalue weighted by Crippen LogP contribution is -2.39. The lowest BCUT2D eigenvalue weighted by molar-refractivity contribution is 0.415. The largest absolute Gasteiger partial charge is 0.310 e. The van der Waals surface area contributed by atoms with Crippen molar-refractivity contribution in [2.75, 3.05) is 11.5 Å². The molecular weight excluding hydrogens is 178 g/mol. The molecule has 78 valence electrons. The van der Waals surface area contributed by atoms with Gasteiger partial charge in [0, 0.05) is 17.8 Å². The van der Waals surface area contributed by atoms with E-state index in [-0.39, 0.29) is 0 Å². The average Bonchev–Trinajstić information content (AvgIpc) is 2.94. The SMILES string of the molecule is CCSCC(C)NC(CC)C1CC1. The summed E-state index contributed by atoms with van der Waals surface area (Å²) in [5.41, 5.74) is 0. The van der Waals surface area contributed by atoms with Crippen LogP contribution in [0.5, 0.6) is 0 Å². The second kappa shape index (κ2) is 5.92. The molecular formula is C11H23NS. The molecule has 2 atom stereocenters. The highest BCUT2D eigenvalue weighted by Crippen LogP contribution is 2.34. The van der Waals surface area contributed by atoms with Gasteiger partial charge < -0.3 is 5.32 Å². The Morgan fingerprint density at radius 2 is 2.08 bits per heavy atom. The van der Waals surface area contributed by atoms with Crippen molar-refractivity contribution in [3.63, 3.8) is 0 Å². The fourth-order valence-electron chi connectivity index (χ4n) is 1.79. The molecule has 2 unspecified atom stereocenters. The van der Waals surface area contributed by atoms with E-state index in [2.05, 4.69) is 26.1 Å². The molecule has 2 heteroatoms. The Morgan fingerprint density at radius 1 is 1.38 bits per heavy atom. The molecule has 1 saturated carbocycles. The molecule has 1 rings (SSSR count). The van der Waals surface area contributed by atoms with Crippen LogP contribution in [0.1, 0.15) is 40.0 Å². The summed E-state index contributed by atoms with van der Waals surface area (Å²) in [6.45, 7) is 6.85. The second-order valence-corrected chi connectivity index (χ2v) is 5.40. The standard InChI is InChI=1S/C11H23NS/c1-4-11(10-6-7-10)12-9(3)8-13-5-2/h9-12H,4-8H2,1-3H3. The summed E-state index contributed by atoms with van der Waals surface area (Å²) in [6.07, 6.45) is 4.21. The predicted molar refractivity (Wildman–Crippen MR) is 62.4 cm³/mol. The van der Waals surface area contributed by atoms with E-state index in [1.807, 2.05) is 11.8 Å². The minimum absolute atomic E-state index is 0.690. The average molecular weight is 201 g/mol. The van der Waals surface area contributed by atoms with Crippen LogP contribution in [0.15, 0.2) is 0 Å². The highest BCUT2D eigenvalue weighted by molar-refractivity contribution is 7.99. The normalized spacial score (nSPS) is 21.5. The third kappa shape index (κ3) is 4.37. The molecule has 1 nitrogen and oxygen atoms in total. The number of hydrogen-bond donors (Lipinski definition) is 1. The van der Waals surface area contributed by atoms with Gasteiger partial charge in [-0.15, -0.1) is 0 Å². The fourth-order valence-corrected chi connectivity index (χ4v) is 2.48. The van der Waals surface area contributed by atoms with Gasteiger partial charge in [0.05, 0.1) is 0 Å². The molecule has 0 bridgehead atoms. The Morgan fingerprint density at radius 3 is 2.54 bits per heavy atom. The van der Waals surface area contributed by atoms with Gasteiger partial charge >= 0.3 is 0 Å². The molecule has 1 N–H and O–H groups in total. The number of nitrogens with one attached hydrogen (secondary N) is 1. The molecule has 0 saturated heterocycles. The van der Waals surface area contributed by atoms with Gasteiger partial charge in [-0.2, -0.15) is 11.8 Å². The van der Waals surface area contributed by atoms with E-state index in [0.29, 0.717) is 6.04 Å². The Labute approximate surface area is 87.1 Å². The summed E-state index contributed by atoms with van der Waals surface area (Å²) in [4.78, 5) is 0. The molecule has 1 fully saturated rings. The van der Waals surface area contributed by atoms with Crippen LogP contribution in [-0.2, 0) is 0 Å². The molecule has 0 amide bonds. The maximum absolute atomic E-state index is 3.74. The van der Waals surface area contributed by atoms with Crippen LogP contribution in [0.25, 0.3) is 0 Å². The monoisotopic (exact) mass is 201 g/mol. The molecule has 0 heterocycles. The minimum Gasteiger partial charge on any atom is -0.310 e. The van der Waals surface area contributed by atoms with Crippen LogP contribution >= 0.6 is 11.8 Å². The van der Waals surface area contributed by atoms with E-state index in [1.165, 1.54) is 30.8 Å². The maximum Gasteiger partial charge on any atom is 0.0132 e. The van der Waals surface area contributed by atoms with Gasteiger partial charge in [0.25, 0.3) is 0 Å². The van der Waals surface area contributed by atoms with Gasteiger partial charge in [0.15, 0.2) is 0 Å².